The van der Waals surface area contributed by atoms with Crippen molar-refractivity contribution >= 4 is 9.84 Å². The van der Waals surface area contributed by atoms with E-state index in [0.29, 0.717) is 17.9 Å². The predicted molar refractivity (Wildman–Crippen MR) is 59.3 cm³/mol. The summed E-state index contributed by atoms with van der Waals surface area (Å²) in [5, 5.41) is 2.18. The van der Waals surface area contributed by atoms with E-state index in [9.17, 15) is 8.42 Å². The molecule has 0 spiro atoms. The first kappa shape index (κ1) is 11.6. The molecule has 4 heteroatoms. The van der Waals surface area contributed by atoms with Crippen LogP contribution in [0.5, 0.6) is 5.75 Å². The molecule has 0 amide bonds. The second kappa shape index (κ2) is 4.85. The number of para-hydroxylation sites is 1. The standard InChI is InChI=1S/C11H12O3S/c1-3-14-11-7-5-4-6-10(11)8-9-15(2,12)13/h4-7H,3H2,1-2H3. The quantitative estimate of drug-likeness (QED) is 0.714. The van der Waals surface area contributed by atoms with Gasteiger partial charge < -0.3 is 4.74 Å². The maximum absolute atomic E-state index is 10.9. The normalized spacial score (nSPS) is 10.3. The van der Waals surface area contributed by atoms with Crippen molar-refractivity contribution in [3.05, 3.63) is 29.8 Å². The zero-order valence-corrected chi connectivity index (χ0v) is 9.47. The lowest BCUT2D eigenvalue weighted by atomic mass is 10.2. The fourth-order valence-electron chi connectivity index (χ4n) is 0.999. The van der Waals surface area contributed by atoms with Gasteiger partial charge in [0, 0.05) is 5.25 Å². The Balaban J connectivity index is 3.07. The lowest BCUT2D eigenvalue weighted by Gasteiger charge is -2.04. The molecule has 0 N–H and O–H groups in total. The largest absolute Gasteiger partial charge is 0.493 e. The third-order valence-electron chi connectivity index (χ3n) is 1.56. The van der Waals surface area contributed by atoms with Crippen LogP contribution in [0.3, 0.4) is 0 Å². The van der Waals surface area contributed by atoms with Crippen LogP contribution in [0, 0.1) is 11.2 Å². The summed E-state index contributed by atoms with van der Waals surface area (Å²) >= 11 is 0. The lowest BCUT2D eigenvalue weighted by molar-refractivity contribution is 0.339. The fourth-order valence-corrected chi connectivity index (χ4v) is 1.29. The minimum Gasteiger partial charge on any atom is -0.493 e. The van der Waals surface area contributed by atoms with E-state index in [1.165, 1.54) is 0 Å². The second-order valence-electron chi connectivity index (χ2n) is 2.93. The number of hydrogen-bond acceptors (Lipinski definition) is 3. The highest BCUT2D eigenvalue weighted by molar-refractivity contribution is 7.95. The molecule has 0 unspecified atom stereocenters. The van der Waals surface area contributed by atoms with E-state index in [1.807, 2.05) is 13.0 Å². The highest BCUT2D eigenvalue weighted by Gasteiger charge is 1.99. The molecule has 3 nitrogen and oxygen atoms in total. The van der Waals surface area contributed by atoms with E-state index in [2.05, 4.69) is 11.2 Å². The van der Waals surface area contributed by atoms with Crippen molar-refractivity contribution in [2.45, 2.75) is 6.92 Å². The van der Waals surface area contributed by atoms with E-state index in [1.54, 1.807) is 18.2 Å². The SMILES string of the molecule is CCOc1ccccc1C#CS(C)(=O)=O. The molecule has 0 saturated carbocycles. The number of ether oxygens (including phenoxy) is 1. The second-order valence-corrected chi connectivity index (χ2v) is 4.68. The molecule has 15 heavy (non-hydrogen) atoms. The molecule has 0 fully saturated rings. The molecule has 0 aliphatic heterocycles. The first-order valence-corrected chi connectivity index (χ1v) is 6.36. The predicted octanol–water partition coefficient (Wildman–Crippen LogP) is 1.44. The van der Waals surface area contributed by atoms with Gasteiger partial charge in [0.15, 0.2) is 0 Å². The molecule has 0 radical (unpaired) electrons. The lowest BCUT2D eigenvalue weighted by Crippen LogP contribution is -1.94. The van der Waals surface area contributed by atoms with Crippen LogP contribution in [0.15, 0.2) is 24.3 Å². The maximum Gasteiger partial charge on any atom is 0.214 e. The van der Waals surface area contributed by atoms with Gasteiger partial charge in [-0.25, -0.2) is 8.42 Å². The summed E-state index contributed by atoms with van der Waals surface area (Å²) in [7, 11) is -3.27. The maximum atomic E-state index is 10.9. The third kappa shape index (κ3) is 4.05. The highest BCUT2D eigenvalue weighted by Crippen LogP contribution is 2.16. The van der Waals surface area contributed by atoms with E-state index in [-0.39, 0.29) is 0 Å². The van der Waals surface area contributed by atoms with Gasteiger partial charge in [0.1, 0.15) is 5.75 Å². The van der Waals surface area contributed by atoms with Crippen molar-refractivity contribution in [2.75, 3.05) is 12.9 Å². The molecule has 1 rings (SSSR count). The Morgan fingerprint density at radius 2 is 2.00 bits per heavy atom. The average Bonchev–Trinajstić information content (AvgIpc) is 2.16. The van der Waals surface area contributed by atoms with Crippen LogP contribution in [-0.4, -0.2) is 21.3 Å². The van der Waals surface area contributed by atoms with E-state index in [4.69, 9.17) is 4.74 Å². The van der Waals surface area contributed by atoms with Gasteiger partial charge in [-0.1, -0.05) is 12.1 Å². The van der Waals surface area contributed by atoms with Crippen molar-refractivity contribution in [3.8, 4) is 16.9 Å². The molecule has 0 heterocycles. The van der Waals surface area contributed by atoms with Gasteiger partial charge in [-0.3, -0.25) is 0 Å². The van der Waals surface area contributed by atoms with Gasteiger partial charge in [0.25, 0.3) is 0 Å². The van der Waals surface area contributed by atoms with Crippen molar-refractivity contribution in [2.24, 2.45) is 0 Å². The smallest absolute Gasteiger partial charge is 0.214 e. The molecule has 1 aromatic carbocycles. The summed E-state index contributed by atoms with van der Waals surface area (Å²) in [5.41, 5.74) is 0.588. The number of benzene rings is 1. The molecule has 80 valence electrons. The van der Waals surface area contributed by atoms with E-state index in [0.717, 1.165) is 6.26 Å². The Labute approximate surface area is 90.0 Å². The summed E-state index contributed by atoms with van der Waals surface area (Å²) in [6.07, 6.45) is 1.07. The van der Waals surface area contributed by atoms with E-state index < -0.39 is 9.84 Å². The van der Waals surface area contributed by atoms with Gasteiger partial charge in [-0.2, -0.15) is 0 Å². The van der Waals surface area contributed by atoms with Gasteiger partial charge in [-0.15, -0.1) is 0 Å². The van der Waals surface area contributed by atoms with Crippen molar-refractivity contribution in [1.82, 2.24) is 0 Å². The van der Waals surface area contributed by atoms with Gasteiger partial charge >= 0.3 is 0 Å². The Bertz CT molecular complexity index is 492. The molecule has 0 aliphatic rings. The number of hydrogen-bond donors (Lipinski definition) is 0. The topological polar surface area (TPSA) is 43.4 Å². The molecule has 0 bridgehead atoms. The summed E-state index contributed by atoms with van der Waals surface area (Å²) in [6.45, 7) is 2.39. The summed E-state index contributed by atoms with van der Waals surface area (Å²) in [6, 6.07) is 7.09. The summed E-state index contributed by atoms with van der Waals surface area (Å²) in [5.74, 6) is 3.18. The molecule has 0 aromatic heterocycles. The van der Waals surface area contributed by atoms with Crippen LogP contribution in [0.2, 0.25) is 0 Å². The Kier molecular flexibility index (Phi) is 3.75. The van der Waals surface area contributed by atoms with Crippen molar-refractivity contribution in [3.63, 3.8) is 0 Å². The first-order valence-electron chi connectivity index (χ1n) is 4.47. The highest BCUT2D eigenvalue weighted by atomic mass is 32.2. The minimum atomic E-state index is -3.27. The monoisotopic (exact) mass is 224 g/mol. The number of sulfone groups is 1. The fraction of sp³-hybridized carbons (Fsp3) is 0.273. The van der Waals surface area contributed by atoms with Crippen LogP contribution >= 0.6 is 0 Å². The van der Waals surface area contributed by atoms with Crippen molar-refractivity contribution in [1.29, 1.82) is 0 Å². The Morgan fingerprint density at radius 1 is 1.33 bits per heavy atom. The zero-order chi connectivity index (χ0) is 11.3. The Morgan fingerprint density at radius 3 is 2.60 bits per heavy atom. The third-order valence-corrected chi connectivity index (χ3v) is 2.03. The van der Waals surface area contributed by atoms with Gasteiger partial charge in [-0.05, 0) is 25.0 Å². The summed E-state index contributed by atoms with van der Waals surface area (Å²) < 4.78 is 27.0. The molecule has 1 aromatic rings. The zero-order valence-electron chi connectivity index (χ0n) is 8.65. The minimum absolute atomic E-state index is 0.525. The summed E-state index contributed by atoms with van der Waals surface area (Å²) in [4.78, 5) is 0. The van der Waals surface area contributed by atoms with Crippen LogP contribution in [0.1, 0.15) is 12.5 Å². The van der Waals surface area contributed by atoms with Crippen LogP contribution in [-0.2, 0) is 9.84 Å². The number of rotatable bonds is 2. The first-order chi connectivity index (χ1) is 7.03. The van der Waals surface area contributed by atoms with Gasteiger partial charge in [0.2, 0.25) is 9.84 Å². The molecular formula is C11H12O3S. The van der Waals surface area contributed by atoms with Crippen LogP contribution in [0.4, 0.5) is 0 Å². The molecular weight excluding hydrogens is 212 g/mol. The van der Waals surface area contributed by atoms with Gasteiger partial charge in [0.05, 0.1) is 18.4 Å². The molecule has 0 aliphatic carbocycles. The molecule has 0 atom stereocenters. The Hall–Kier alpha value is -1.47. The average molecular weight is 224 g/mol. The van der Waals surface area contributed by atoms with Crippen molar-refractivity contribution < 1.29 is 13.2 Å². The van der Waals surface area contributed by atoms with Crippen LogP contribution < -0.4 is 4.74 Å². The molecule has 0 saturated heterocycles. The van der Waals surface area contributed by atoms with E-state index >= 15 is 0 Å². The van der Waals surface area contributed by atoms with Crippen LogP contribution in [0.25, 0.3) is 0 Å².